The van der Waals surface area contributed by atoms with Crippen LogP contribution in [0.25, 0.3) is 0 Å². The third-order valence-corrected chi connectivity index (χ3v) is 3.28. The lowest BCUT2D eigenvalue weighted by Crippen LogP contribution is -2.33. The third-order valence-electron chi connectivity index (χ3n) is 2.32. The van der Waals surface area contributed by atoms with E-state index in [9.17, 15) is 10.0 Å². The van der Waals surface area contributed by atoms with Gasteiger partial charge in [0.05, 0.1) is 11.9 Å². The van der Waals surface area contributed by atoms with Gasteiger partial charge in [0.15, 0.2) is 0 Å². The highest BCUT2D eigenvalue weighted by atomic mass is 35.5. The zero-order chi connectivity index (χ0) is 14.1. The van der Waals surface area contributed by atoms with Gasteiger partial charge in [-0.3, -0.25) is 10.0 Å². The maximum absolute atomic E-state index is 10.4. The predicted molar refractivity (Wildman–Crippen MR) is 76.0 cm³/mol. The minimum Gasteiger partial charge on any atom is -0.481 e. The van der Waals surface area contributed by atoms with Crippen LogP contribution in [0.2, 0.25) is 0 Å². The Kier molecular flexibility index (Phi) is 9.55. The van der Waals surface area contributed by atoms with Gasteiger partial charge in [0.2, 0.25) is 6.20 Å². The molecule has 1 aromatic rings. The van der Waals surface area contributed by atoms with Crippen molar-refractivity contribution in [1.82, 2.24) is 5.32 Å². The first-order chi connectivity index (χ1) is 9.13. The molecule has 0 bridgehead atoms. The molecule has 0 saturated carbocycles. The van der Waals surface area contributed by atoms with Crippen LogP contribution < -0.4 is 10.0 Å². The molecule has 0 unspecified atom stereocenters. The topological polar surface area (TPSA) is 97.2 Å². The number of nitrogens with one attached hydrogen (secondary N) is 1. The number of pyridine rings is 1. The first-order valence-corrected chi connectivity index (χ1v) is 6.78. The normalized spacial score (nSPS) is 9.55. The summed E-state index contributed by atoms with van der Waals surface area (Å²) in [5.74, 6) is -0.263. The number of carboxylic acid groups (broad SMARTS) is 1. The van der Waals surface area contributed by atoms with Crippen molar-refractivity contribution in [3.05, 3.63) is 23.9 Å². The molecule has 0 aromatic carbocycles. The molecule has 1 rings (SSSR count). The fourth-order valence-electron chi connectivity index (χ4n) is 1.37. The van der Waals surface area contributed by atoms with Crippen molar-refractivity contribution >= 4 is 30.1 Å². The summed E-state index contributed by atoms with van der Waals surface area (Å²) < 4.78 is 0.994. The van der Waals surface area contributed by atoms with Gasteiger partial charge in [-0.1, -0.05) is 0 Å². The van der Waals surface area contributed by atoms with E-state index in [0.717, 1.165) is 10.3 Å². The van der Waals surface area contributed by atoms with Gasteiger partial charge in [0, 0.05) is 35.7 Å². The number of halogens is 1. The van der Waals surface area contributed by atoms with Crippen molar-refractivity contribution < 1.29 is 19.8 Å². The number of aromatic nitrogens is 1. The standard InChI is InChI=1S/C12H15N3O3S.ClH/c13-6-1-7-14-9-19-11-4-2-10(8-15(11)18)3-5-12(16)17;/h2,4,8,14H,1,3,5,7,9H2,(H-,16,17,18);1H/p+1. The summed E-state index contributed by atoms with van der Waals surface area (Å²) >= 11 is 1.41. The third kappa shape index (κ3) is 7.19. The number of carboxylic acids is 1. The van der Waals surface area contributed by atoms with Gasteiger partial charge in [0.25, 0.3) is 5.03 Å². The minimum atomic E-state index is -0.857. The number of hydrogen-bond donors (Lipinski definition) is 3. The van der Waals surface area contributed by atoms with E-state index in [4.69, 9.17) is 10.4 Å². The summed E-state index contributed by atoms with van der Waals surface area (Å²) in [6, 6.07) is 5.58. The summed E-state index contributed by atoms with van der Waals surface area (Å²) in [4.78, 5) is 10.4. The van der Waals surface area contributed by atoms with Crippen molar-refractivity contribution in [2.45, 2.75) is 24.3 Å². The van der Waals surface area contributed by atoms with Crippen LogP contribution in [-0.4, -0.2) is 28.7 Å². The molecule has 0 fully saturated rings. The molecule has 0 amide bonds. The highest BCUT2D eigenvalue weighted by molar-refractivity contribution is 7.99. The predicted octanol–water partition coefficient (Wildman–Crippen LogP) is 1.20. The molecule has 1 heterocycles. The van der Waals surface area contributed by atoms with Crippen molar-refractivity contribution in [1.29, 1.82) is 5.26 Å². The van der Waals surface area contributed by atoms with Gasteiger partial charge in [-0.25, -0.2) is 0 Å². The minimum absolute atomic E-state index is 0. The van der Waals surface area contributed by atoms with E-state index in [2.05, 4.69) is 5.32 Å². The molecule has 8 heteroatoms. The van der Waals surface area contributed by atoms with Crippen LogP contribution in [0.5, 0.6) is 0 Å². The van der Waals surface area contributed by atoms with E-state index >= 15 is 0 Å². The molecule has 0 saturated heterocycles. The van der Waals surface area contributed by atoms with Crippen LogP contribution in [0.3, 0.4) is 0 Å². The first kappa shape index (κ1) is 18.5. The number of hydrogen-bond acceptors (Lipinski definition) is 5. The number of nitriles is 1. The zero-order valence-electron chi connectivity index (χ0n) is 10.8. The second kappa shape index (κ2) is 10.3. The molecule has 0 radical (unpaired) electrons. The van der Waals surface area contributed by atoms with Crippen LogP contribution in [0.4, 0.5) is 0 Å². The maximum atomic E-state index is 10.4. The molecule has 0 spiro atoms. The zero-order valence-corrected chi connectivity index (χ0v) is 12.4. The Morgan fingerprint density at radius 1 is 1.50 bits per heavy atom. The molecule has 6 nitrogen and oxygen atoms in total. The van der Waals surface area contributed by atoms with Crippen LogP contribution in [0, 0.1) is 11.3 Å². The van der Waals surface area contributed by atoms with E-state index in [1.165, 1.54) is 18.0 Å². The summed E-state index contributed by atoms with van der Waals surface area (Å²) in [6.07, 6.45) is 2.40. The number of aliphatic carboxylic acids is 1. The van der Waals surface area contributed by atoms with Crippen LogP contribution >= 0.6 is 24.2 Å². The van der Waals surface area contributed by atoms with E-state index < -0.39 is 5.97 Å². The molecule has 3 N–H and O–H groups in total. The Labute approximate surface area is 127 Å². The maximum Gasteiger partial charge on any atom is 0.303 e. The van der Waals surface area contributed by atoms with Crippen LogP contribution in [-0.2, 0) is 11.2 Å². The van der Waals surface area contributed by atoms with E-state index in [0.29, 0.717) is 30.3 Å². The van der Waals surface area contributed by atoms with Gasteiger partial charge in [-0.05, 0) is 24.2 Å². The molecule has 0 aliphatic heterocycles. The number of aryl methyl sites for hydroxylation is 1. The summed E-state index contributed by atoms with van der Waals surface area (Å²) in [5.41, 5.74) is 0.770. The summed E-state index contributed by atoms with van der Waals surface area (Å²) in [5, 5.41) is 30.4. The number of rotatable bonds is 8. The summed E-state index contributed by atoms with van der Waals surface area (Å²) in [7, 11) is 0. The Morgan fingerprint density at radius 3 is 2.85 bits per heavy atom. The molecule has 0 aliphatic carbocycles. The molecular weight excluding hydrogens is 302 g/mol. The number of thioether (sulfide) groups is 1. The van der Waals surface area contributed by atoms with Gasteiger partial charge in [-0.2, -0.15) is 5.26 Å². The first-order valence-electron chi connectivity index (χ1n) is 5.79. The van der Waals surface area contributed by atoms with Gasteiger partial charge < -0.3 is 10.4 Å². The lowest BCUT2D eigenvalue weighted by atomic mass is 10.2. The average molecular weight is 319 g/mol. The quantitative estimate of drug-likeness (QED) is 0.219. The van der Waals surface area contributed by atoms with Crippen LogP contribution in [0.15, 0.2) is 23.4 Å². The lowest BCUT2D eigenvalue weighted by molar-refractivity contribution is -0.932. The second-order valence-electron chi connectivity index (χ2n) is 3.81. The van der Waals surface area contributed by atoms with Crippen molar-refractivity contribution in [2.75, 3.05) is 12.4 Å². The van der Waals surface area contributed by atoms with E-state index in [1.807, 2.05) is 6.07 Å². The largest absolute Gasteiger partial charge is 0.481 e. The van der Waals surface area contributed by atoms with Gasteiger partial charge >= 0.3 is 5.97 Å². The molecule has 1 aromatic heterocycles. The van der Waals surface area contributed by atoms with Gasteiger partial charge in [0.1, 0.15) is 0 Å². The number of carbonyl (C=O) groups is 1. The van der Waals surface area contributed by atoms with Crippen molar-refractivity contribution in [2.24, 2.45) is 0 Å². The van der Waals surface area contributed by atoms with E-state index in [1.54, 1.807) is 12.1 Å². The Balaban J connectivity index is 0.00000361. The van der Waals surface area contributed by atoms with E-state index in [-0.39, 0.29) is 18.8 Å². The monoisotopic (exact) mass is 318 g/mol. The molecule has 0 aliphatic rings. The molecule has 110 valence electrons. The fraction of sp³-hybridized carbons (Fsp3) is 0.417. The molecule has 0 atom stereocenters. The van der Waals surface area contributed by atoms with Crippen LogP contribution in [0.1, 0.15) is 18.4 Å². The number of nitrogens with zero attached hydrogens (tertiary/aromatic N) is 2. The summed E-state index contributed by atoms with van der Waals surface area (Å²) in [6.45, 7) is 0.617. The molecular formula is C12H17ClN3O3S+. The Morgan fingerprint density at radius 2 is 2.25 bits per heavy atom. The van der Waals surface area contributed by atoms with Crippen molar-refractivity contribution in [3.8, 4) is 6.07 Å². The highest BCUT2D eigenvalue weighted by Crippen LogP contribution is 2.12. The SMILES string of the molecule is Cl.N#CCCNCSc1ccc(CCC(=O)O)c[n+]1O. The average Bonchev–Trinajstić information content (AvgIpc) is 2.38. The fourth-order valence-corrected chi connectivity index (χ4v) is 2.12. The Bertz CT molecular complexity index is 480. The lowest BCUT2D eigenvalue weighted by Gasteiger charge is -2.01. The molecule has 20 heavy (non-hydrogen) atoms. The second-order valence-corrected chi connectivity index (χ2v) is 4.81. The smallest absolute Gasteiger partial charge is 0.303 e. The Hall–Kier alpha value is -1.49. The van der Waals surface area contributed by atoms with Gasteiger partial charge in [-0.15, -0.1) is 12.4 Å². The highest BCUT2D eigenvalue weighted by Gasteiger charge is 2.12. The van der Waals surface area contributed by atoms with Crippen molar-refractivity contribution in [3.63, 3.8) is 0 Å².